The van der Waals surface area contributed by atoms with Gasteiger partial charge in [0.1, 0.15) is 6.20 Å². The van der Waals surface area contributed by atoms with Crippen molar-refractivity contribution in [3.05, 3.63) is 33.6 Å². The van der Waals surface area contributed by atoms with E-state index in [9.17, 15) is 10.1 Å². The molecule has 2 rings (SSSR count). The predicted octanol–water partition coefficient (Wildman–Crippen LogP) is 1.54. The van der Waals surface area contributed by atoms with Crippen molar-refractivity contribution < 1.29 is 4.92 Å². The van der Waals surface area contributed by atoms with E-state index in [2.05, 4.69) is 9.88 Å². The second-order valence-electron chi connectivity index (χ2n) is 3.89. The number of likely N-dealkylation sites (N-methyl/N-ethyl adjacent to an activating group) is 1. The van der Waals surface area contributed by atoms with Gasteiger partial charge in [-0.25, -0.2) is 0 Å². The monoisotopic (exact) mass is 207 g/mol. The number of hydrogen-bond acceptors (Lipinski definition) is 4. The molecule has 0 bridgehead atoms. The Labute approximate surface area is 87.9 Å². The third kappa shape index (κ3) is 1.59. The molecule has 0 amide bonds. The van der Waals surface area contributed by atoms with Crippen LogP contribution in [0.4, 0.5) is 5.69 Å². The molecule has 0 saturated heterocycles. The van der Waals surface area contributed by atoms with E-state index in [-0.39, 0.29) is 16.7 Å². The van der Waals surface area contributed by atoms with E-state index in [1.807, 2.05) is 14.0 Å². The maximum absolute atomic E-state index is 10.8. The second-order valence-corrected chi connectivity index (χ2v) is 3.89. The number of fused-ring (bicyclic) bond motifs is 1. The number of pyridine rings is 1. The van der Waals surface area contributed by atoms with Crippen molar-refractivity contribution in [2.24, 2.45) is 0 Å². The maximum atomic E-state index is 10.8. The van der Waals surface area contributed by atoms with Gasteiger partial charge < -0.3 is 0 Å². The molecule has 1 aliphatic heterocycles. The highest BCUT2D eigenvalue weighted by Crippen LogP contribution is 2.32. The lowest BCUT2D eigenvalue weighted by atomic mass is 9.95. The molecule has 2 heterocycles. The minimum Gasteiger partial charge on any atom is -0.299 e. The van der Waals surface area contributed by atoms with Crippen LogP contribution in [0, 0.1) is 10.1 Å². The minimum absolute atomic E-state index is 0.160. The molecule has 0 N–H and O–H groups in total. The number of nitro groups is 1. The van der Waals surface area contributed by atoms with Crippen LogP contribution in [-0.2, 0) is 6.42 Å². The summed E-state index contributed by atoms with van der Waals surface area (Å²) in [7, 11) is 2.02. The summed E-state index contributed by atoms with van der Waals surface area (Å²) < 4.78 is 0. The Bertz CT molecular complexity index is 406. The van der Waals surface area contributed by atoms with Crippen molar-refractivity contribution in [1.29, 1.82) is 0 Å². The highest BCUT2D eigenvalue weighted by atomic mass is 16.6. The summed E-state index contributed by atoms with van der Waals surface area (Å²) in [4.78, 5) is 16.6. The van der Waals surface area contributed by atoms with Gasteiger partial charge in [-0.05, 0) is 26.0 Å². The lowest BCUT2D eigenvalue weighted by Gasteiger charge is -2.31. The van der Waals surface area contributed by atoms with Gasteiger partial charge in [0.15, 0.2) is 0 Å². The smallest absolute Gasteiger partial charge is 0.291 e. The van der Waals surface area contributed by atoms with Crippen molar-refractivity contribution >= 4 is 5.69 Å². The van der Waals surface area contributed by atoms with Crippen LogP contribution >= 0.6 is 0 Å². The summed E-state index contributed by atoms with van der Waals surface area (Å²) in [6, 6.07) is 0.209. The van der Waals surface area contributed by atoms with E-state index in [4.69, 9.17) is 0 Å². The van der Waals surface area contributed by atoms with Gasteiger partial charge in [0.25, 0.3) is 5.69 Å². The van der Waals surface area contributed by atoms with Crippen molar-refractivity contribution in [1.82, 2.24) is 9.88 Å². The molecule has 0 aliphatic carbocycles. The number of aromatic nitrogens is 1. The summed E-state index contributed by atoms with van der Waals surface area (Å²) in [6.45, 7) is 2.91. The molecule has 5 nitrogen and oxygen atoms in total. The summed E-state index contributed by atoms with van der Waals surface area (Å²) in [5.41, 5.74) is 1.99. The molecule has 1 aromatic rings. The average molecular weight is 207 g/mol. The largest absolute Gasteiger partial charge is 0.299 e. The fourth-order valence-corrected chi connectivity index (χ4v) is 2.00. The van der Waals surface area contributed by atoms with Crippen molar-refractivity contribution in [2.75, 3.05) is 13.6 Å². The van der Waals surface area contributed by atoms with Gasteiger partial charge in [-0.3, -0.25) is 20.0 Å². The van der Waals surface area contributed by atoms with Crippen LogP contribution in [0.1, 0.15) is 24.1 Å². The van der Waals surface area contributed by atoms with Crippen LogP contribution in [0.25, 0.3) is 0 Å². The first-order valence-electron chi connectivity index (χ1n) is 4.92. The van der Waals surface area contributed by atoms with Gasteiger partial charge >= 0.3 is 0 Å². The van der Waals surface area contributed by atoms with Crippen molar-refractivity contribution in [3.63, 3.8) is 0 Å². The Morgan fingerprint density at radius 1 is 1.60 bits per heavy atom. The fraction of sp³-hybridized carbons (Fsp3) is 0.500. The Morgan fingerprint density at radius 2 is 2.33 bits per heavy atom. The third-order valence-electron chi connectivity index (χ3n) is 3.09. The minimum atomic E-state index is -0.343. The molecule has 0 fully saturated rings. The summed E-state index contributed by atoms with van der Waals surface area (Å²) >= 11 is 0. The second kappa shape index (κ2) is 3.58. The lowest BCUT2D eigenvalue weighted by Crippen LogP contribution is -2.30. The molecule has 0 aromatic carbocycles. The Morgan fingerprint density at radius 3 is 3.00 bits per heavy atom. The zero-order valence-corrected chi connectivity index (χ0v) is 8.80. The molecule has 1 aliphatic rings. The maximum Gasteiger partial charge on any atom is 0.291 e. The van der Waals surface area contributed by atoms with Crippen LogP contribution in [0.15, 0.2) is 12.4 Å². The molecule has 5 heteroatoms. The molecule has 80 valence electrons. The molecular weight excluding hydrogens is 194 g/mol. The standard InChI is InChI=1S/C10H13N3O2/c1-7-9-5-11-6-10(13(14)15)8(9)3-4-12(7)2/h5-7H,3-4H2,1-2H3. The van der Waals surface area contributed by atoms with Crippen molar-refractivity contribution in [3.8, 4) is 0 Å². The van der Waals surface area contributed by atoms with Crippen LogP contribution in [0.2, 0.25) is 0 Å². The van der Waals surface area contributed by atoms with Crippen LogP contribution in [0.3, 0.4) is 0 Å². The molecule has 0 spiro atoms. The molecule has 1 aromatic heterocycles. The topological polar surface area (TPSA) is 59.3 Å². The van der Waals surface area contributed by atoms with Gasteiger partial charge in [0.2, 0.25) is 0 Å². The van der Waals surface area contributed by atoms with E-state index < -0.39 is 0 Å². The van der Waals surface area contributed by atoms with E-state index in [1.54, 1.807) is 6.20 Å². The molecule has 1 unspecified atom stereocenters. The van der Waals surface area contributed by atoms with Crippen LogP contribution in [-0.4, -0.2) is 28.4 Å². The Kier molecular flexibility index (Phi) is 2.40. The molecule has 0 saturated carbocycles. The Balaban J connectivity index is 2.53. The zero-order valence-electron chi connectivity index (χ0n) is 8.80. The van der Waals surface area contributed by atoms with Crippen LogP contribution < -0.4 is 0 Å². The predicted molar refractivity (Wildman–Crippen MR) is 55.6 cm³/mol. The summed E-state index contributed by atoms with van der Waals surface area (Å²) in [6.07, 6.45) is 3.81. The van der Waals surface area contributed by atoms with Gasteiger partial charge in [-0.1, -0.05) is 0 Å². The quantitative estimate of drug-likeness (QED) is 0.517. The number of rotatable bonds is 1. The number of nitrogens with zero attached hydrogens (tertiary/aromatic N) is 3. The molecule has 1 atom stereocenters. The first-order valence-corrected chi connectivity index (χ1v) is 4.92. The first kappa shape index (κ1) is 10.0. The Hall–Kier alpha value is -1.49. The van der Waals surface area contributed by atoms with Gasteiger partial charge in [0, 0.05) is 24.3 Å². The molecule has 0 radical (unpaired) electrons. The van der Waals surface area contributed by atoms with Gasteiger partial charge in [0.05, 0.1) is 4.92 Å². The normalized spacial score (nSPS) is 21.1. The summed E-state index contributed by atoms with van der Waals surface area (Å²) in [5.74, 6) is 0. The third-order valence-corrected chi connectivity index (χ3v) is 3.09. The van der Waals surface area contributed by atoms with E-state index >= 15 is 0 Å². The zero-order chi connectivity index (χ0) is 11.0. The SMILES string of the molecule is CC1c2cncc([N+](=O)[O-])c2CCN1C. The fourth-order valence-electron chi connectivity index (χ4n) is 2.00. The van der Waals surface area contributed by atoms with E-state index in [0.29, 0.717) is 0 Å². The van der Waals surface area contributed by atoms with Gasteiger partial charge in [-0.2, -0.15) is 0 Å². The molecule has 15 heavy (non-hydrogen) atoms. The summed E-state index contributed by atoms with van der Waals surface area (Å²) in [5, 5.41) is 10.8. The van der Waals surface area contributed by atoms with Crippen molar-refractivity contribution in [2.45, 2.75) is 19.4 Å². The first-order chi connectivity index (χ1) is 7.11. The van der Waals surface area contributed by atoms with E-state index in [0.717, 1.165) is 24.1 Å². The average Bonchev–Trinajstić information content (AvgIpc) is 2.23. The molecular formula is C10H13N3O2. The van der Waals surface area contributed by atoms with E-state index in [1.165, 1.54) is 6.20 Å². The highest BCUT2D eigenvalue weighted by Gasteiger charge is 2.27. The highest BCUT2D eigenvalue weighted by molar-refractivity contribution is 5.45. The lowest BCUT2D eigenvalue weighted by molar-refractivity contribution is -0.386. The van der Waals surface area contributed by atoms with Crippen LogP contribution in [0.5, 0.6) is 0 Å². The van der Waals surface area contributed by atoms with Gasteiger partial charge in [-0.15, -0.1) is 0 Å². The number of hydrogen-bond donors (Lipinski definition) is 0.